The van der Waals surface area contributed by atoms with Gasteiger partial charge in [-0.3, -0.25) is 9.67 Å². The van der Waals surface area contributed by atoms with Crippen LogP contribution in [0.4, 0.5) is 5.69 Å². The molecule has 0 saturated carbocycles. The molecular weight excluding hydrogens is 184 g/mol. The van der Waals surface area contributed by atoms with Gasteiger partial charge in [-0.05, 0) is 6.92 Å². The summed E-state index contributed by atoms with van der Waals surface area (Å²) in [4.78, 5) is 5.21. The normalized spacial score (nSPS) is 13.0. The van der Waals surface area contributed by atoms with Crippen molar-refractivity contribution in [1.82, 2.24) is 14.8 Å². The number of nitrogen functional groups attached to an aromatic ring is 1. The van der Waals surface area contributed by atoms with Crippen molar-refractivity contribution < 1.29 is 0 Å². The lowest BCUT2D eigenvalue weighted by atomic mass is 10.3. The molecular formula is C8H10N4S. The van der Waals surface area contributed by atoms with Crippen LogP contribution in [0.5, 0.6) is 0 Å². The minimum Gasteiger partial charge on any atom is -0.396 e. The maximum absolute atomic E-state index is 5.57. The second-order valence-electron chi connectivity index (χ2n) is 2.83. The zero-order chi connectivity index (χ0) is 9.26. The topological polar surface area (TPSA) is 56.7 Å². The third-order valence-electron chi connectivity index (χ3n) is 1.88. The van der Waals surface area contributed by atoms with Gasteiger partial charge < -0.3 is 5.73 Å². The lowest BCUT2D eigenvalue weighted by molar-refractivity contribution is 0.572. The number of rotatable bonds is 2. The van der Waals surface area contributed by atoms with Gasteiger partial charge in [-0.25, -0.2) is 0 Å². The van der Waals surface area contributed by atoms with Crippen LogP contribution < -0.4 is 5.73 Å². The molecule has 0 aliphatic rings. The largest absolute Gasteiger partial charge is 0.396 e. The Labute approximate surface area is 80.0 Å². The van der Waals surface area contributed by atoms with Crippen LogP contribution in [0.15, 0.2) is 24.1 Å². The van der Waals surface area contributed by atoms with Crippen LogP contribution in [0.2, 0.25) is 0 Å². The molecule has 4 nitrogen and oxygen atoms in total. The molecule has 0 saturated heterocycles. The highest BCUT2D eigenvalue weighted by Crippen LogP contribution is 2.20. The molecule has 1 atom stereocenters. The van der Waals surface area contributed by atoms with Gasteiger partial charge in [0, 0.05) is 17.3 Å². The van der Waals surface area contributed by atoms with E-state index < -0.39 is 0 Å². The van der Waals surface area contributed by atoms with Gasteiger partial charge in [0.1, 0.15) is 0 Å². The number of anilines is 1. The Bertz CT molecular complexity index is 379. The Kier molecular flexibility index (Phi) is 2.02. The molecule has 2 aromatic heterocycles. The predicted molar refractivity (Wildman–Crippen MR) is 52.6 cm³/mol. The number of nitrogens with two attached hydrogens (primary N) is 1. The molecule has 0 fully saturated rings. The fourth-order valence-corrected chi connectivity index (χ4v) is 1.80. The van der Waals surface area contributed by atoms with E-state index in [9.17, 15) is 0 Å². The smallest absolute Gasteiger partial charge is 0.0849 e. The van der Waals surface area contributed by atoms with Crippen molar-refractivity contribution in [2.45, 2.75) is 13.0 Å². The Hall–Kier alpha value is -1.36. The van der Waals surface area contributed by atoms with Crippen molar-refractivity contribution in [2.75, 3.05) is 5.73 Å². The van der Waals surface area contributed by atoms with Crippen molar-refractivity contribution in [1.29, 1.82) is 0 Å². The quantitative estimate of drug-likeness (QED) is 0.788. The minimum absolute atomic E-state index is 0.213. The Morgan fingerprint density at radius 2 is 2.38 bits per heavy atom. The van der Waals surface area contributed by atoms with E-state index in [4.69, 9.17) is 5.73 Å². The molecule has 2 N–H and O–H groups in total. The van der Waals surface area contributed by atoms with Crippen molar-refractivity contribution in [3.05, 3.63) is 29.0 Å². The fraction of sp³-hybridized carbons (Fsp3) is 0.250. The second kappa shape index (κ2) is 3.18. The third kappa shape index (κ3) is 1.55. The molecule has 2 rings (SSSR count). The SMILES string of the molecule is C[C@@H](c1cncs1)n1cc(N)cn1. The summed E-state index contributed by atoms with van der Waals surface area (Å²) in [6.45, 7) is 2.07. The lowest BCUT2D eigenvalue weighted by Crippen LogP contribution is -2.05. The molecule has 2 heterocycles. The molecule has 68 valence electrons. The van der Waals surface area contributed by atoms with Crippen LogP contribution in [-0.2, 0) is 0 Å². The Balaban J connectivity index is 2.28. The second-order valence-corrected chi connectivity index (χ2v) is 3.75. The average Bonchev–Trinajstić information content (AvgIpc) is 2.72. The highest BCUT2D eigenvalue weighted by atomic mass is 32.1. The monoisotopic (exact) mass is 194 g/mol. The first-order chi connectivity index (χ1) is 6.27. The summed E-state index contributed by atoms with van der Waals surface area (Å²) < 4.78 is 1.84. The van der Waals surface area contributed by atoms with E-state index in [0.29, 0.717) is 5.69 Å². The molecule has 0 radical (unpaired) electrons. The first kappa shape index (κ1) is 8.25. The minimum atomic E-state index is 0.213. The number of aromatic nitrogens is 3. The van der Waals surface area contributed by atoms with Gasteiger partial charge >= 0.3 is 0 Å². The van der Waals surface area contributed by atoms with Crippen molar-refractivity contribution in [3.8, 4) is 0 Å². The van der Waals surface area contributed by atoms with Gasteiger partial charge in [0.25, 0.3) is 0 Å². The van der Waals surface area contributed by atoms with E-state index in [0.717, 1.165) is 0 Å². The van der Waals surface area contributed by atoms with Gasteiger partial charge in [0.15, 0.2) is 0 Å². The molecule has 2 aromatic rings. The molecule has 13 heavy (non-hydrogen) atoms. The average molecular weight is 194 g/mol. The predicted octanol–water partition coefficient (Wildman–Crippen LogP) is 1.53. The van der Waals surface area contributed by atoms with Crippen LogP contribution in [0.3, 0.4) is 0 Å². The highest BCUT2D eigenvalue weighted by molar-refractivity contribution is 7.09. The highest BCUT2D eigenvalue weighted by Gasteiger charge is 2.09. The van der Waals surface area contributed by atoms with Crippen LogP contribution >= 0.6 is 11.3 Å². The zero-order valence-electron chi connectivity index (χ0n) is 7.21. The molecule has 0 unspecified atom stereocenters. The lowest BCUT2D eigenvalue weighted by Gasteiger charge is -2.08. The van der Waals surface area contributed by atoms with Crippen molar-refractivity contribution >= 4 is 17.0 Å². The van der Waals surface area contributed by atoms with Gasteiger partial charge in [0.2, 0.25) is 0 Å². The van der Waals surface area contributed by atoms with E-state index in [-0.39, 0.29) is 6.04 Å². The number of nitrogens with zero attached hydrogens (tertiary/aromatic N) is 3. The molecule has 0 aliphatic carbocycles. The van der Waals surface area contributed by atoms with Gasteiger partial charge in [-0.2, -0.15) is 5.10 Å². The zero-order valence-corrected chi connectivity index (χ0v) is 8.03. The summed E-state index contributed by atoms with van der Waals surface area (Å²) in [6, 6.07) is 0.213. The molecule has 0 amide bonds. The van der Waals surface area contributed by atoms with Gasteiger partial charge in [-0.15, -0.1) is 11.3 Å². The van der Waals surface area contributed by atoms with E-state index in [1.807, 2.05) is 22.6 Å². The first-order valence-electron chi connectivity index (χ1n) is 3.95. The van der Waals surface area contributed by atoms with E-state index in [1.165, 1.54) is 4.88 Å². The number of hydrogen-bond acceptors (Lipinski definition) is 4. The molecule has 0 spiro atoms. The third-order valence-corrected chi connectivity index (χ3v) is 2.83. The number of thiazole rings is 1. The van der Waals surface area contributed by atoms with Gasteiger partial charge in [-0.1, -0.05) is 0 Å². The van der Waals surface area contributed by atoms with Crippen LogP contribution in [0, 0.1) is 0 Å². The Morgan fingerprint density at radius 1 is 1.54 bits per heavy atom. The van der Waals surface area contributed by atoms with Crippen molar-refractivity contribution in [3.63, 3.8) is 0 Å². The molecule has 0 aliphatic heterocycles. The van der Waals surface area contributed by atoms with E-state index in [2.05, 4.69) is 17.0 Å². The van der Waals surface area contributed by atoms with Crippen molar-refractivity contribution in [2.24, 2.45) is 0 Å². The standard InChI is InChI=1S/C8H10N4S/c1-6(8-3-10-5-13-8)12-4-7(9)2-11-12/h2-6H,9H2,1H3/t6-/m0/s1. The summed E-state index contributed by atoms with van der Waals surface area (Å²) >= 11 is 1.62. The summed E-state index contributed by atoms with van der Waals surface area (Å²) in [5.74, 6) is 0. The van der Waals surface area contributed by atoms with E-state index >= 15 is 0 Å². The van der Waals surface area contributed by atoms with Crippen LogP contribution in [0.1, 0.15) is 17.8 Å². The fourth-order valence-electron chi connectivity index (χ4n) is 1.13. The van der Waals surface area contributed by atoms with Gasteiger partial charge in [0.05, 0.1) is 23.4 Å². The summed E-state index contributed by atoms with van der Waals surface area (Å²) in [6.07, 6.45) is 5.33. The van der Waals surface area contributed by atoms with Crippen LogP contribution in [-0.4, -0.2) is 14.8 Å². The molecule has 0 bridgehead atoms. The number of hydrogen-bond donors (Lipinski definition) is 1. The van der Waals surface area contributed by atoms with Crippen LogP contribution in [0.25, 0.3) is 0 Å². The summed E-state index contributed by atoms with van der Waals surface area (Å²) in [5, 5.41) is 4.14. The summed E-state index contributed by atoms with van der Waals surface area (Å²) in [7, 11) is 0. The Morgan fingerprint density at radius 3 is 2.92 bits per heavy atom. The molecule has 5 heteroatoms. The maximum Gasteiger partial charge on any atom is 0.0849 e. The van der Waals surface area contributed by atoms with E-state index in [1.54, 1.807) is 17.5 Å². The maximum atomic E-state index is 5.57. The molecule has 0 aromatic carbocycles. The summed E-state index contributed by atoms with van der Waals surface area (Å²) in [5.41, 5.74) is 8.08. The first-order valence-corrected chi connectivity index (χ1v) is 4.83.